The summed E-state index contributed by atoms with van der Waals surface area (Å²) in [6.07, 6.45) is -1.35. The van der Waals surface area contributed by atoms with Crippen LogP contribution in [0, 0.1) is 0 Å². The number of fused-ring (bicyclic) bond motifs is 1. The molecule has 2 amide bonds. The van der Waals surface area contributed by atoms with Gasteiger partial charge in [-0.15, -0.1) is 22.0 Å². The number of carboxylic acid groups (broad SMARTS) is 1. The number of hydrogen-bond acceptors (Lipinski definition) is 16. The molecule has 236 valence electrons. The molecule has 0 radical (unpaired) electrons. The van der Waals surface area contributed by atoms with Crippen molar-refractivity contribution < 1.29 is 33.9 Å². The Bertz CT molecular complexity index is 1660. The van der Waals surface area contributed by atoms with E-state index in [9.17, 15) is 24.3 Å². The Morgan fingerprint density at radius 1 is 1.27 bits per heavy atom. The van der Waals surface area contributed by atoms with Crippen LogP contribution in [0.1, 0.15) is 38.3 Å². The number of carbonyl (C=O) groups is 4. The van der Waals surface area contributed by atoms with Gasteiger partial charge in [0.1, 0.15) is 28.2 Å². The lowest BCUT2D eigenvalue weighted by Gasteiger charge is -2.49. The monoisotopic (exact) mass is 690 g/mol. The molecule has 0 aliphatic carbocycles. The molecule has 2 aromatic heterocycles. The van der Waals surface area contributed by atoms with Crippen LogP contribution in [0.2, 0.25) is 0 Å². The number of thioether (sulfide) groups is 2. The molecule has 3 aromatic rings. The SMILES string of the molecule is CC(C)(C)OC(=O)C(O/N=C(\C(=O)NC1C(=O)N2C(C(=O)O)=C(CSc3nncs3)CS[C@H]12)c1nsc(N)n1)c1ccccc1. The van der Waals surface area contributed by atoms with E-state index in [4.69, 9.17) is 15.3 Å². The summed E-state index contributed by atoms with van der Waals surface area (Å²) in [7, 11) is 0. The van der Waals surface area contributed by atoms with E-state index in [1.165, 1.54) is 34.9 Å². The zero-order valence-electron chi connectivity index (χ0n) is 23.9. The third kappa shape index (κ3) is 7.43. The molecule has 4 heterocycles. The lowest BCUT2D eigenvalue weighted by molar-refractivity contribution is -0.169. The number of ether oxygens (including phenoxy) is 1. The number of nitrogens with zero attached hydrogens (tertiary/aromatic N) is 6. The van der Waals surface area contributed by atoms with E-state index >= 15 is 0 Å². The number of β-lactam (4-membered cyclic amide) rings is 1. The standard InChI is InChI=1S/C26H26N8O7S4/c1-26(2,3)40-23(39)17(12-7-5-4-6-8-12)41-32-14(18-30-24(27)45-33-18)19(35)29-15-20(36)34-16(22(37)38)13(9-42-21(15)34)10-43-25-31-28-11-44-25/h4-8,11,15,17,21H,9-10H2,1-3H3,(H,29,35)(H,37,38)(H2,27,30,33)/b32-14-/t15?,17?,21-/m1/s1. The number of hydrogen-bond donors (Lipinski definition) is 3. The summed E-state index contributed by atoms with van der Waals surface area (Å²) in [5, 5.41) is 23.6. The van der Waals surface area contributed by atoms with Gasteiger partial charge in [0, 0.05) is 28.6 Å². The third-order valence-electron chi connectivity index (χ3n) is 6.09. The molecule has 0 bridgehead atoms. The molecule has 0 saturated carbocycles. The molecule has 1 saturated heterocycles. The Kier molecular flexibility index (Phi) is 9.70. The highest BCUT2D eigenvalue weighted by Crippen LogP contribution is 2.41. The second kappa shape index (κ2) is 13.5. The van der Waals surface area contributed by atoms with Gasteiger partial charge in [0.25, 0.3) is 11.8 Å². The molecule has 5 rings (SSSR count). The van der Waals surface area contributed by atoms with Crippen molar-refractivity contribution in [1.29, 1.82) is 0 Å². The maximum atomic E-state index is 13.6. The molecule has 3 atom stereocenters. The second-order valence-corrected chi connectivity index (χ2v) is 14.4. The lowest BCUT2D eigenvalue weighted by Crippen LogP contribution is -2.71. The molecular weight excluding hydrogens is 665 g/mol. The van der Waals surface area contributed by atoms with Crippen LogP contribution in [-0.2, 0) is 28.8 Å². The minimum Gasteiger partial charge on any atom is -0.477 e. The first-order valence-corrected chi connectivity index (χ1v) is 16.8. The van der Waals surface area contributed by atoms with Crippen LogP contribution >= 0.6 is 46.4 Å². The van der Waals surface area contributed by atoms with E-state index in [-0.39, 0.29) is 16.7 Å². The fraction of sp³-hybridized carbons (Fsp3) is 0.346. The number of aromatic nitrogens is 4. The number of rotatable bonds is 11. The van der Waals surface area contributed by atoms with Crippen LogP contribution in [0.4, 0.5) is 5.13 Å². The molecule has 19 heteroatoms. The van der Waals surface area contributed by atoms with Crippen molar-refractivity contribution in [2.24, 2.45) is 5.16 Å². The molecule has 1 fully saturated rings. The van der Waals surface area contributed by atoms with E-state index in [2.05, 4.69) is 30.0 Å². The summed E-state index contributed by atoms with van der Waals surface area (Å²) >= 11 is 4.77. The minimum absolute atomic E-state index is 0.0427. The van der Waals surface area contributed by atoms with Gasteiger partial charge in [-0.3, -0.25) is 14.5 Å². The maximum absolute atomic E-state index is 13.6. The topological polar surface area (TPSA) is 212 Å². The van der Waals surface area contributed by atoms with E-state index < -0.39 is 52.6 Å². The van der Waals surface area contributed by atoms with Gasteiger partial charge in [-0.25, -0.2) is 9.59 Å². The Hall–Kier alpha value is -4.07. The normalized spacial score (nSPS) is 19.0. The number of carbonyl (C=O) groups excluding carboxylic acids is 3. The average molecular weight is 691 g/mol. The number of benzene rings is 1. The maximum Gasteiger partial charge on any atom is 0.355 e. The van der Waals surface area contributed by atoms with Crippen LogP contribution in [0.5, 0.6) is 0 Å². The number of aliphatic carboxylic acids is 1. The van der Waals surface area contributed by atoms with Crippen LogP contribution in [0.25, 0.3) is 0 Å². The number of nitrogens with two attached hydrogens (primary N) is 1. The predicted octanol–water partition coefficient (Wildman–Crippen LogP) is 2.31. The highest BCUT2D eigenvalue weighted by Gasteiger charge is 2.54. The lowest BCUT2D eigenvalue weighted by atomic mass is 10.0. The summed E-state index contributed by atoms with van der Waals surface area (Å²) in [5.41, 5.74) is 6.89. The van der Waals surface area contributed by atoms with E-state index in [0.29, 0.717) is 27.0 Å². The van der Waals surface area contributed by atoms with E-state index in [1.807, 2.05) is 0 Å². The van der Waals surface area contributed by atoms with Crippen molar-refractivity contribution in [1.82, 2.24) is 29.8 Å². The number of oxime groups is 1. The molecule has 2 aliphatic heterocycles. The Labute approximate surface area is 272 Å². The Morgan fingerprint density at radius 2 is 2.02 bits per heavy atom. The molecule has 1 aromatic carbocycles. The zero-order chi connectivity index (χ0) is 32.3. The van der Waals surface area contributed by atoms with Crippen LogP contribution in [-0.4, -0.2) is 87.5 Å². The number of nitrogen functional groups attached to an aromatic ring is 1. The molecule has 15 nitrogen and oxygen atoms in total. The van der Waals surface area contributed by atoms with E-state index in [0.717, 1.165) is 16.4 Å². The Balaban J connectivity index is 1.36. The molecule has 4 N–H and O–H groups in total. The van der Waals surface area contributed by atoms with Gasteiger partial charge in [0.05, 0.1) is 0 Å². The van der Waals surface area contributed by atoms with Crippen molar-refractivity contribution >= 4 is 81.0 Å². The molecule has 45 heavy (non-hydrogen) atoms. The average Bonchev–Trinajstić information content (AvgIpc) is 3.67. The quantitative estimate of drug-likeness (QED) is 0.0867. The summed E-state index contributed by atoms with van der Waals surface area (Å²) < 4.78 is 10.2. The van der Waals surface area contributed by atoms with Gasteiger partial charge in [-0.1, -0.05) is 58.6 Å². The van der Waals surface area contributed by atoms with Gasteiger partial charge in [-0.05, 0) is 26.3 Å². The van der Waals surface area contributed by atoms with Gasteiger partial charge in [0.2, 0.25) is 17.6 Å². The zero-order valence-corrected chi connectivity index (χ0v) is 27.2. The van der Waals surface area contributed by atoms with E-state index in [1.54, 1.807) is 56.6 Å². The summed E-state index contributed by atoms with van der Waals surface area (Å²) in [4.78, 5) is 62.9. The number of carboxylic acids is 1. The van der Waals surface area contributed by atoms with Crippen molar-refractivity contribution in [2.45, 2.75) is 48.2 Å². The number of anilines is 1. The largest absolute Gasteiger partial charge is 0.477 e. The van der Waals surface area contributed by atoms with Gasteiger partial charge >= 0.3 is 11.9 Å². The molecule has 2 aliphatic rings. The molecular formula is C26H26N8O7S4. The van der Waals surface area contributed by atoms with Crippen molar-refractivity contribution in [3.8, 4) is 0 Å². The molecule has 0 spiro atoms. The van der Waals surface area contributed by atoms with Crippen LogP contribution in [0.3, 0.4) is 0 Å². The van der Waals surface area contributed by atoms with Crippen LogP contribution < -0.4 is 11.1 Å². The van der Waals surface area contributed by atoms with Crippen molar-refractivity contribution in [3.05, 3.63) is 58.5 Å². The first-order chi connectivity index (χ1) is 21.4. The second-order valence-electron chi connectivity index (χ2n) is 10.4. The highest BCUT2D eigenvalue weighted by molar-refractivity contribution is 8.01. The number of esters is 1. The van der Waals surface area contributed by atoms with Gasteiger partial charge in [-0.2, -0.15) is 9.36 Å². The first kappa shape index (κ1) is 32.3. The van der Waals surface area contributed by atoms with Gasteiger partial charge < -0.3 is 25.7 Å². The van der Waals surface area contributed by atoms with Crippen LogP contribution in [0.15, 0.2) is 56.6 Å². The third-order valence-corrected chi connectivity index (χ3v) is 9.92. The van der Waals surface area contributed by atoms with Gasteiger partial charge in [0.15, 0.2) is 9.47 Å². The summed E-state index contributed by atoms with van der Waals surface area (Å²) in [6.45, 7) is 5.10. The predicted molar refractivity (Wildman–Crippen MR) is 167 cm³/mol. The fourth-order valence-corrected chi connectivity index (χ4v) is 7.63. The summed E-state index contributed by atoms with van der Waals surface area (Å²) in [5.74, 6) is -3.07. The smallest absolute Gasteiger partial charge is 0.355 e. The minimum atomic E-state index is -1.35. The Morgan fingerprint density at radius 3 is 2.64 bits per heavy atom. The molecule has 2 unspecified atom stereocenters. The first-order valence-electron chi connectivity index (χ1n) is 13.1. The highest BCUT2D eigenvalue weighted by atomic mass is 32.2. The van der Waals surface area contributed by atoms with Crippen molar-refractivity contribution in [3.63, 3.8) is 0 Å². The number of amides is 2. The number of nitrogens with one attached hydrogen (secondary N) is 1. The summed E-state index contributed by atoms with van der Waals surface area (Å²) in [6, 6.07) is 7.36. The van der Waals surface area contributed by atoms with Crippen molar-refractivity contribution in [2.75, 3.05) is 17.2 Å². The fourth-order valence-electron chi connectivity index (χ4n) is 4.22.